The van der Waals surface area contributed by atoms with E-state index >= 15 is 0 Å². The molecule has 0 heterocycles. The summed E-state index contributed by atoms with van der Waals surface area (Å²) in [5.74, 6) is 2.15. The Kier molecular flexibility index (Phi) is 11.5. The maximum absolute atomic E-state index is 12.8. The van der Waals surface area contributed by atoms with Crippen LogP contribution in [0.4, 0.5) is 0 Å². The minimum Gasteiger partial charge on any atom is -0.493 e. The molecular weight excluding hydrogens is 504 g/mol. The summed E-state index contributed by atoms with van der Waals surface area (Å²) >= 11 is 8.74. The Labute approximate surface area is 210 Å². The number of rotatable bonds is 12. The highest BCUT2D eigenvalue weighted by Gasteiger charge is 2.15. The highest BCUT2D eigenvalue weighted by Crippen LogP contribution is 2.28. The van der Waals surface area contributed by atoms with E-state index in [1.165, 1.54) is 0 Å². The lowest BCUT2D eigenvalue weighted by Crippen LogP contribution is -2.39. The minimum absolute atomic E-state index is 0.232. The number of carbonyl (C=O) groups is 1. The Bertz CT molecular complexity index is 937. The molecule has 0 saturated carbocycles. The molecule has 2 N–H and O–H groups in total. The third kappa shape index (κ3) is 9.21. The van der Waals surface area contributed by atoms with E-state index in [-0.39, 0.29) is 11.0 Å². The second kappa shape index (κ2) is 14.1. The predicted octanol–water partition coefficient (Wildman–Crippen LogP) is 5.87. The maximum Gasteiger partial charge on any atom is 0.261 e. The van der Waals surface area contributed by atoms with E-state index in [4.69, 9.17) is 26.4 Å². The fraction of sp³-hybridized carbons (Fsp3) is 0.440. The molecule has 33 heavy (non-hydrogen) atoms. The molecule has 1 amide bonds. The van der Waals surface area contributed by atoms with Crippen LogP contribution >= 0.6 is 28.1 Å². The number of benzene rings is 2. The molecule has 0 bridgehead atoms. The largest absolute Gasteiger partial charge is 0.493 e. The van der Waals surface area contributed by atoms with Gasteiger partial charge in [0.05, 0.1) is 25.9 Å². The van der Waals surface area contributed by atoms with Crippen LogP contribution in [0, 0.1) is 5.92 Å². The van der Waals surface area contributed by atoms with Gasteiger partial charge < -0.3 is 19.5 Å². The third-order valence-electron chi connectivity index (χ3n) is 4.80. The average Bonchev–Trinajstić information content (AvgIpc) is 2.79. The second-order valence-corrected chi connectivity index (χ2v) is 9.32. The molecule has 2 aromatic rings. The number of ether oxygens (including phenoxy) is 3. The van der Waals surface area contributed by atoms with Crippen molar-refractivity contribution in [2.45, 2.75) is 46.6 Å². The van der Waals surface area contributed by atoms with Crippen LogP contribution in [0.1, 0.15) is 56.0 Å². The van der Waals surface area contributed by atoms with Crippen LogP contribution in [0.2, 0.25) is 0 Å². The summed E-state index contributed by atoms with van der Waals surface area (Å²) in [6, 6.07) is 11.1. The molecule has 0 aliphatic rings. The summed E-state index contributed by atoms with van der Waals surface area (Å²) in [7, 11) is 1.62. The van der Waals surface area contributed by atoms with E-state index in [1.807, 2.05) is 24.3 Å². The van der Waals surface area contributed by atoms with Gasteiger partial charge in [0, 0.05) is 11.0 Å². The van der Waals surface area contributed by atoms with Gasteiger partial charge in [0.25, 0.3) is 5.91 Å². The molecule has 0 unspecified atom stereocenters. The minimum atomic E-state index is -0.327. The molecule has 2 rings (SSSR count). The molecule has 0 fully saturated rings. The number of carbonyl (C=O) groups excluding carboxylic acids is 1. The van der Waals surface area contributed by atoms with Crippen molar-refractivity contribution in [1.29, 1.82) is 0 Å². The number of methoxy groups -OCH3 is 1. The van der Waals surface area contributed by atoms with Crippen molar-refractivity contribution in [3.8, 4) is 17.2 Å². The quantitative estimate of drug-likeness (QED) is 0.261. The predicted molar refractivity (Wildman–Crippen MR) is 139 cm³/mol. The first-order valence-electron chi connectivity index (χ1n) is 11.1. The molecule has 0 saturated heterocycles. The van der Waals surface area contributed by atoms with Gasteiger partial charge in [0.15, 0.2) is 16.6 Å². The highest BCUT2D eigenvalue weighted by molar-refractivity contribution is 9.10. The lowest BCUT2D eigenvalue weighted by atomic mass is 10.1. The average molecular weight is 538 g/mol. The smallest absolute Gasteiger partial charge is 0.261 e. The van der Waals surface area contributed by atoms with Crippen molar-refractivity contribution < 1.29 is 19.0 Å². The zero-order valence-corrected chi connectivity index (χ0v) is 22.1. The fourth-order valence-electron chi connectivity index (χ4n) is 2.87. The molecule has 0 radical (unpaired) electrons. The van der Waals surface area contributed by atoms with Crippen molar-refractivity contribution >= 4 is 39.2 Å². The summed E-state index contributed by atoms with van der Waals surface area (Å²) in [5.41, 5.74) is 1.37. The lowest BCUT2D eigenvalue weighted by molar-refractivity contribution is 0.0972. The summed E-state index contributed by atoms with van der Waals surface area (Å²) in [5, 5.41) is 6.03. The monoisotopic (exact) mass is 536 g/mol. The van der Waals surface area contributed by atoms with E-state index in [1.54, 1.807) is 19.2 Å². The number of hydrogen-bond donors (Lipinski definition) is 2. The Hall–Kier alpha value is -2.32. The second-order valence-electron chi connectivity index (χ2n) is 8.00. The van der Waals surface area contributed by atoms with Gasteiger partial charge in [-0.1, -0.05) is 49.2 Å². The topological polar surface area (TPSA) is 68.8 Å². The van der Waals surface area contributed by atoms with Crippen molar-refractivity contribution in [2.75, 3.05) is 20.3 Å². The summed E-state index contributed by atoms with van der Waals surface area (Å²) < 4.78 is 17.9. The normalized spacial score (nSPS) is 10.6. The van der Waals surface area contributed by atoms with Crippen molar-refractivity contribution in [2.24, 2.45) is 5.92 Å². The standard InChI is InChI=1S/C25H33BrN2O4S/c1-5-6-12-31-21-10-8-19(26)15-20(21)24(29)28-25(33)27-16-18-7-9-22(23(14-18)30-4)32-13-11-17(2)3/h7-10,14-15,17H,5-6,11-13,16H2,1-4H3,(H2,27,28,29,33). The van der Waals surface area contributed by atoms with Gasteiger partial charge in [0.2, 0.25) is 0 Å². The molecule has 180 valence electrons. The Morgan fingerprint density at radius 3 is 2.48 bits per heavy atom. The van der Waals surface area contributed by atoms with Gasteiger partial charge in [-0.3, -0.25) is 10.1 Å². The van der Waals surface area contributed by atoms with Crippen molar-refractivity contribution in [3.63, 3.8) is 0 Å². The third-order valence-corrected chi connectivity index (χ3v) is 5.54. The van der Waals surface area contributed by atoms with Gasteiger partial charge in [-0.2, -0.15) is 0 Å². The van der Waals surface area contributed by atoms with Crippen LogP contribution in [-0.4, -0.2) is 31.3 Å². The van der Waals surface area contributed by atoms with Gasteiger partial charge in [0.1, 0.15) is 5.75 Å². The molecule has 0 spiro atoms. The molecule has 6 nitrogen and oxygen atoms in total. The number of amides is 1. The fourth-order valence-corrected chi connectivity index (χ4v) is 3.40. The molecule has 0 aliphatic heterocycles. The molecule has 2 aromatic carbocycles. The molecule has 0 aliphatic carbocycles. The van der Waals surface area contributed by atoms with Crippen LogP contribution in [-0.2, 0) is 6.54 Å². The SMILES string of the molecule is CCCCOc1ccc(Br)cc1C(=O)NC(=S)NCc1ccc(OCCC(C)C)c(OC)c1. The number of halogens is 1. The maximum atomic E-state index is 12.8. The molecule has 0 atom stereocenters. The van der Waals surface area contributed by atoms with E-state index in [0.717, 1.165) is 29.3 Å². The number of thiocarbonyl (C=S) groups is 1. The van der Waals surface area contributed by atoms with E-state index in [9.17, 15) is 4.79 Å². The van der Waals surface area contributed by atoms with Crippen molar-refractivity contribution in [1.82, 2.24) is 10.6 Å². The Balaban J connectivity index is 1.94. The molecule has 8 heteroatoms. The van der Waals surface area contributed by atoms with Gasteiger partial charge >= 0.3 is 0 Å². The van der Waals surface area contributed by atoms with Crippen LogP contribution in [0.15, 0.2) is 40.9 Å². The van der Waals surface area contributed by atoms with Crippen LogP contribution in [0.3, 0.4) is 0 Å². The first kappa shape index (κ1) is 26.9. The summed E-state index contributed by atoms with van der Waals surface area (Å²) in [4.78, 5) is 12.8. The van der Waals surface area contributed by atoms with Crippen LogP contribution in [0.25, 0.3) is 0 Å². The zero-order chi connectivity index (χ0) is 24.2. The summed E-state index contributed by atoms with van der Waals surface area (Å²) in [6.45, 7) is 8.04. The van der Waals surface area contributed by atoms with Crippen molar-refractivity contribution in [3.05, 3.63) is 52.0 Å². The van der Waals surface area contributed by atoms with E-state index < -0.39 is 0 Å². The van der Waals surface area contributed by atoms with Crippen LogP contribution in [0.5, 0.6) is 17.2 Å². The van der Waals surface area contributed by atoms with E-state index in [0.29, 0.717) is 48.5 Å². The Morgan fingerprint density at radius 2 is 1.79 bits per heavy atom. The Morgan fingerprint density at radius 1 is 1.06 bits per heavy atom. The van der Waals surface area contributed by atoms with Crippen LogP contribution < -0.4 is 24.8 Å². The van der Waals surface area contributed by atoms with Gasteiger partial charge in [-0.25, -0.2) is 0 Å². The first-order chi connectivity index (χ1) is 15.8. The number of nitrogens with one attached hydrogen (secondary N) is 2. The molecule has 0 aromatic heterocycles. The number of hydrogen-bond acceptors (Lipinski definition) is 5. The first-order valence-corrected chi connectivity index (χ1v) is 12.3. The highest BCUT2D eigenvalue weighted by atomic mass is 79.9. The molecular formula is C25H33BrN2O4S. The van der Waals surface area contributed by atoms with Gasteiger partial charge in [-0.05, 0) is 66.9 Å². The zero-order valence-electron chi connectivity index (χ0n) is 19.7. The summed E-state index contributed by atoms with van der Waals surface area (Å²) in [6.07, 6.45) is 2.91. The number of unbranched alkanes of at least 4 members (excludes halogenated alkanes) is 1. The lowest BCUT2D eigenvalue weighted by Gasteiger charge is -2.15. The van der Waals surface area contributed by atoms with E-state index in [2.05, 4.69) is 47.3 Å². The van der Waals surface area contributed by atoms with Gasteiger partial charge in [-0.15, -0.1) is 0 Å².